The van der Waals surface area contributed by atoms with Gasteiger partial charge in [0.05, 0.1) is 0 Å². The second-order valence-electron chi connectivity index (χ2n) is 4.13. The third-order valence-corrected chi connectivity index (χ3v) is 3.21. The van der Waals surface area contributed by atoms with E-state index in [1.54, 1.807) is 7.05 Å². The van der Waals surface area contributed by atoms with Gasteiger partial charge in [-0.3, -0.25) is 0 Å². The highest BCUT2D eigenvalue weighted by Crippen LogP contribution is 2.30. The van der Waals surface area contributed by atoms with Gasteiger partial charge in [-0.15, -0.1) is 0 Å². The molecule has 2 rings (SSSR count). The average Bonchev–Trinajstić information content (AvgIpc) is 2.13. The molecule has 2 N–H and O–H groups in total. The molecule has 1 aliphatic carbocycles. The molecule has 0 aromatic carbocycles. The van der Waals surface area contributed by atoms with Crippen molar-refractivity contribution in [3.05, 3.63) is 5.28 Å². The Balaban J connectivity index is 2.04. The van der Waals surface area contributed by atoms with E-state index in [4.69, 9.17) is 11.6 Å². The van der Waals surface area contributed by atoms with Crippen LogP contribution in [-0.4, -0.2) is 28.0 Å². The van der Waals surface area contributed by atoms with Crippen LogP contribution in [-0.2, 0) is 0 Å². The Bertz CT molecular complexity index is 366. The van der Waals surface area contributed by atoms with Gasteiger partial charge in [-0.2, -0.15) is 15.0 Å². The van der Waals surface area contributed by atoms with Crippen LogP contribution in [0.4, 0.5) is 11.9 Å². The number of anilines is 2. The van der Waals surface area contributed by atoms with Crippen molar-refractivity contribution < 1.29 is 0 Å². The summed E-state index contributed by atoms with van der Waals surface area (Å²) in [5.41, 5.74) is 0. The summed E-state index contributed by atoms with van der Waals surface area (Å²) in [6.45, 7) is 2.15. The summed E-state index contributed by atoms with van der Waals surface area (Å²) in [4.78, 5) is 12.2. The molecule has 1 fully saturated rings. The van der Waals surface area contributed by atoms with Crippen molar-refractivity contribution in [3.63, 3.8) is 0 Å². The number of halogens is 1. The first kappa shape index (κ1) is 11.4. The minimum atomic E-state index is 0.211. The molecule has 6 heteroatoms. The Kier molecular flexibility index (Phi) is 3.43. The Morgan fingerprint density at radius 3 is 2.50 bits per heavy atom. The second-order valence-corrected chi connectivity index (χ2v) is 4.46. The van der Waals surface area contributed by atoms with E-state index in [9.17, 15) is 0 Å². The lowest BCUT2D eigenvalue weighted by molar-refractivity contribution is 0.284. The summed E-state index contributed by atoms with van der Waals surface area (Å²) in [6.07, 6.45) is 3.90. The largest absolute Gasteiger partial charge is 0.357 e. The highest BCUT2D eigenvalue weighted by molar-refractivity contribution is 6.28. The molecule has 0 amide bonds. The van der Waals surface area contributed by atoms with Crippen LogP contribution in [0, 0.1) is 5.92 Å². The molecular formula is C10H16ClN5. The Morgan fingerprint density at radius 2 is 1.94 bits per heavy atom. The van der Waals surface area contributed by atoms with Crippen LogP contribution in [0.3, 0.4) is 0 Å². The van der Waals surface area contributed by atoms with Crippen LogP contribution >= 0.6 is 11.6 Å². The van der Waals surface area contributed by atoms with Gasteiger partial charge in [0.2, 0.25) is 17.2 Å². The summed E-state index contributed by atoms with van der Waals surface area (Å²) in [5.74, 6) is 1.76. The second kappa shape index (κ2) is 4.82. The highest BCUT2D eigenvalue weighted by atomic mass is 35.5. The molecule has 16 heavy (non-hydrogen) atoms. The number of nitrogens with one attached hydrogen (secondary N) is 2. The van der Waals surface area contributed by atoms with Crippen LogP contribution in [0.2, 0.25) is 5.28 Å². The van der Waals surface area contributed by atoms with Crippen molar-refractivity contribution in [2.75, 3.05) is 17.7 Å². The predicted octanol–water partition coefficient (Wildman–Crippen LogP) is 2.17. The summed E-state index contributed by atoms with van der Waals surface area (Å²) >= 11 is 5.80. The number of hydrogen-bond acceptors (Lipinski definition) is 5. The molecule has 1 aliphatic rings. The van der Waals surface area contributed by atoms with E-state index in [-0.39, 0.29) is 5.28 Å². The molecule has 0 radical (unpaired) electrons. The molecule has 88 valence electrons. The summed E-state index contributed by atoms with van der Waals surface area (Å²) in [6, 6.07) is 0.386. The third kappa shape index (κ3) is 2.52. The fourth-order valence-electron chi connectivity index (χ4n) is 1.79. The van der Waals surface area contributed by atoms with E-state index in [1.165, 1.54) is 19.3 Å². The van der Waals surface area contributed by atoms with E-state index >= 15 is 0 Å². The lowest BCUT2D eigenvalue weighted by Gasteiger charge is -2.31. The van der Waals surface area contributed by atoms with Crippen LogP contribution in [0.15, 0.2) is 0 Å². The molecule has 0 spiro atoms. The molecule has 1 saturated carbocycles. The van der Waals surface area contributed by atoms with Gasteiger partial charge in [0.25, 0.3) is 0 Å². The molecule has 0 aliphatic heterocycles. The van der Waals surface area contributed by atoms with Gasteiger partial charge < -0.3 is 10.6 Å². The fraction of sp³-hybridized carbons (Fsp3) is 0.700. The van der Waals surface area contributed by atoms with Crippen molar-refractivity contribution in [2.24, 2.45) is 5.92 Å². The highest BCUT2D eigenvalue weighted by Gasteiger charge is 2.24. The van der Waals surface area contributed by atoms with Crippen molar-refractivity contribution in [2.45, 2.75) is 32.2 Å². The summed E-state index contributed by atoms with van der Waals surface area (Å²) in [5, 5.41) is 6.34. The van der Waals surface area contributed by atoms with Crippen molar-refractivity contribution >= 4 is 23.5 Å². The maximum absolute atomic E-state index is 5.80. The zero-order valence-corrected chi connectivity index (χ0v) is 10.3. The van der Waals surface area contributed by atoms with E-state index < -0.39 is 0 Å². The Hall–Kier alpha value is -1.10. The number of nitrogens with zero attached hydrogens (tertiary/aromatic N) is 3. The first-order valence-electron chi connectivity index (χ1n) is 5.55. The Morgan fingerprint density at radius 1 is 1.25 bits per heavy atom. The molecule has 1 aromatic heterocycles. The van der Waals surface area contributed by atoms with Gasteiger partial charge in [0.1, 0.15) is 0 Å². The first-order valence-corrected chi connectivity index (χ1v) is 5.92. The van der Waals surface area contributed by atoms with Crippen LogP contribution in [0.5, 0.6) is 0 Å². The SMILES string of the molecule is CNc1nc(Cl)nc(NC(C)C2CCC2)n1. The number of rotatable bonds is 4. The quantitative estimate of drug-likeness (QED) is 0.846. The molecular weight excluding hydrogens is 226 g/mol. The molecule has 1 heterocycles. The molecule has 0 bridgehead atoms. The lowest BCUT2D eigenvalue weighted by Crippen LogP contribution is -2.31. The minimum absolute atomic E-state index is 0.211. The number of hydrogen-bond donors (Lipinski definition) is 2. The normalized spacial score (nSPS) is 17.7. The zero-order valence-electron chi connectivity index (χ0n) is 9.50. The summed E-state index contributed by atoms with van der Waals surface area (Å²) < 4.78 is 0. The minimum Gasteiger partial charge on any atom is -0.357 e. The fourth-order valence-corrected chi connectivity index (χ4v) is 1.95. The van der Waals surface area contributed by atoms with Gasteiger partial charge in [0, 0.05) is 13.1 Å². The zero-order chi connectivity index (χ0) is 11.5. The number of aromatic nitrogens is 3. The smallest absolute Gasteiger partial charge is 0.229 e. The van der Waals surface area contributed by atoms with Crippen molar-refractivity contribution in [1.29, 1.82) is 0 Å². The monoisotopic (exact) mass is 241 g/mol. The van der Waals surface area contributed by atoms with Crippen LogP contribution < -0.4 is 10.6 Å². The van der Waals surface area contributed by atoms with Crippen LogP contribution in [0.25, 0.3) is 0 Å². The van der Waals surface area contributed by atoms with E-state index in [0.717, 1.165) is 5.92 Å². The van der Waals surface area contributed by atoms with Gasteiger partial charge in [-0.25, -0.2) is 0 Å². The van der Waals surface area contributed by atoms with E-state index in [1.807, 2.05) is 0 Å². The first-order chi connectivity index (χ1) is 7.69. The lowest BCUT2D eigenvalue weighted by atomic mass is 9.80. The molecule has 1 aromatic rings. The van der Waals surface area contributed by atoms with E-state index in [2.05, 4.69) is 32.5 Å². The van der Waals surface area contributed by atoms with Gasteiger partial charge in [-0.1, -0.05) is 6.42 Å². The average molecular weight is 242 g/mol. The molecule has 5 nitrogen and oxygen atoms in total. The predicted molar refractivity (Wildman–Crippen MR) is 64.8 cm³/mol. The van der Waals surface area contributed by atoms with Gasteiger partial charge in [-0.05, 0) is 37.3 Å². The third-order valence-electron chi connectivity index (χ3n) is 3.05. The standard InChI is InChI=1S/C10H16ClN5/c1-6(7-4-3-5-7)13-10-15-8(11)14-9(12-2)16-10/h6-7H,3-5H2,1-2H3,(H2,12,13,14,15,16). The van der Waals surface area contributed by atoms with Crippen LogP contribution in [0.1, 0.15) is 26.2 Å². The van der Waals surface area contributed by atoms with Gasteiger partial charge in [0.15, 0.2) is 0 Å². The van der Waals surface area contributed by atoms with Crippen molar-refractivity contribution in [3.8, 4) is 0 Å². The molecule has 0 saturated heterocycles. The Labute approximate surface area is 100 Å². The topological polar surface area (TPSA) is 62.7 Å². The molecule has 1 unspecified atom stereocenters. The maximum atomic E-state index is 5.80. The van der Waals surface area contributed by atoms with Crippen molar-refractivity contribution in [1.82, 2.24) is 15.0 Å². The summed E-state index contributed by atoms with van der Waals surface area (Å²) in [7, 11) is 1.75. The van der Waals surface area contributed by atoms with Gasteiger partial charge >= 0.3 is 0 Å². The van der Waals surface area contributed by atoms with E-state index in [0.29, 0.717) is 17.9 Å². The maximum Gasteiger partial charge on any atom is 0.229 e. The molecule has 1 atom stereocenters.